The lowest BCUT2D eigenvalue weighted by molar-refractivity contribution is -0.117. The molecule has 0 saturated carbocycles. The number of carbonyl (C=O) groups excluding carboxylic acids is 2. The van der Waals surface area contributed by atoms with Crippen LogP contribution in [0.1, 0.15) is 39.2 Å². The van der Waals surface area contributed by atoms with Gasteiger partial charge in [-0.05, 0) is 63.6 Å². The maximum Gasteiger partial charge on any atom is 0.410 e. The molecule has 2 fully saturated rings. The number of amides is 2. The first-order valence-corrected chi connectivity index (χ1v) is 11.0. The van der Waals surface area contributed by atoms with E-state index in [1.54, 1.807) is 11.0 Å². The number of rotatable bonds is 3. The van der Waals surface area contributed by atoms with E-state index < -0.39 is 21.7 Å². The number of aromatic hydroxyl groups is 1. The molecule has 0 spiro atoms. The summed E-state index contributed by atoms with van der Waals surface area (Å²) in [6.45, 7) is 6.36. The maximum absolute atomic E-state index is 12.3. The number of nitrogens with zero attached hydrogens (tertiary/aromatic N) is 2. The van der Waals surface area contributed by atoms with Crippen LogP contribution in [0.25, 0.3) is 0 Å². The van der Waals surface area contributed by atoms with Gasteiger partial charge in [-0.25, -0.2) is 13.8 Å². The minimum atomic E-state index is -3.97. The normalized spacial score (nSPS) is 21.8. The number of phenols is 1. The van der Waals surface area contributed by atoms with Crippen LogP contribution in [0, 0.1) is 5.92 Å². The van der Waals surface area contributed by atoms with Crippen molar-refractivity contribution in [1.29, 1.82) is 0 Å². The van der Waals surface area contributed by atoms with Gasteiger partial charge in [0.05, 0.1) is 5.69 Å². The van der Waals surface area contributed by atoms with Gasteiger partial charge < -0.3 is 14.7 Å². The number of anilines is 1. The molecule has 2 aliphatic heterocycles. The van der Waals surface area contributed by atoms with Gasteiger partial charge in [0.15, 0.2) is 0 Å². The minimum Gasteiger partial charge on any atom is -0.506 e. The van der Waals surface area contributed by atoms with Crippen molar-refractivity contribution >= 4 is 27.9 Å². The predicted octanol–water partition coefficient (Wildman–Crippen LogP) is 1.76. The zero-order chi connectivity index (χ0) is 21.4. The summed E-state index contributed by atoms with van der Waals surface area (Å²) in [6.07, 6.45) is 2.13. The van der Waals surface area contributed by atoms with Crippen LogP contribution in [0.4, 0.5) is 10.5 Å². The Hall–Kier alpha value is -2.49. The van der Waals surface area contributed by atoms with Crippen molar-refractivity contribution in [2.75, 3.05) is 23.9 Å². The first-order chi connectivity index (χ1) is 13.4. The monoisotopic (exact) mass is 425 g/mol. The largest absolute Gasteiger partial charge is 0.506 e. The molecule has 0 bridgehead atoms. The van der Waals surface area contributed by atoms with Crippen molar-refractivity contribution in [3.8, 4) is 5.75 Å². The average molecular weight is 426 g/mol. The van der Waals surface area contributed by atoms with Crippen LogP contribution in [-0.4, -0.2) is 55.7 Å². The summed E-state index contributed by atoms with van der Waals surface area (Å²) < 4.78 is 32.1. The molecule has 160 valence electrons. The summed E-state index contributed by atoms with van der Waals surface area (Å²) >= 11 is 0. The lowest BCUT2D eigenvalue weighted by atomic mass is 9.91. The zero-order valence-electron chi connectivity index (χ0n) is 16.8. The lowest BCUT2D eigenvalue weighted by Crippen LogP contribution is -2.43. The van der Waals surface area contributed by atoms with E-state index >= 15 is 0 Å². The van der Waals surface area contributed by atoms with E-state index in [-0.39, 0.29) is 30.0 Å². The fourth-order valence-electron chi connectivity index (χ4n) is 3.63. The van der Waals surface area contributed by atoms with E-state index in [2.05, 4.69) is 0 Å². The van der Waals surface area contributed by atoms with Crippen LogP contribution in [0.2, 0.25) is 0 Å². The van der Waals surface area contributed by atoms with Crippen molar-refractivity contribution < 1.29 is 27.9 Å². The quantitative estimate of drug-likeness (QED) is 0.762. The highest BCUT2D eigenvalue weighted by Crippen LogP contribution is 2.33. The second-order valence-corrected chi connectivity index (χ2v) is 10.1. The Balaban J connectivity index is 1.67. The summed E-state index contributed by atoms with van der Waals surface area (Å²) in [5, 5.41) is 10.3. The number of piperidine rings is 1. The van der Waals surface area contributed by atoms with Gasteiger partial charge in [0.1, 0.15) is 17.9 Å². The van der Waals surface area contributed by atoms with Crippen molar-refractivity contribution in [3.05, 3.63) is 23.8 Å². The number of benzene rings is 1. The Morgan fingerprint density at radius 3 is 2.66 bits per heavy atom. The first kappa shape index (κ1) is 21.2. The topological polar surface area (TPSA) is 116 Å². The number of ether oxygens (including phenoxy) is 1. The lowest BCUT2D eigenvalue weighted by Gasteiger charge is -2.34. The van der Waals surface area contributed by atoms with Gasteiger partial charge in [-0.1, -0.05) is 6.07 Å². The smallest absolute Gasteiger partial charge is 0.410 e. The molecule has 29 heavy (non-hydrogen) atoms. The van der Waals surface area contributed by atoms with Gasteiger partial charge in [0.2, 0.25) is 0 Å². The Morgan fingerprint density at radius 2 is 2.07 bits per heavy atom. The molecule has 2 heterocycles. The van der Waals surface area contributed by atoms with Crippen LogP contribution in [0.3, 0.4) is 0 Å². The SMILES string of the molecule is CC(C)(C)OC(=O)N1CCCC(Cc2ccc(N3CC(=O)NS3(=O)=O)c(O)c2)C1. The zero-order valence-corrected chi connectivity index (χ0v) is 17.7. The molecule has 2 amide bonds. The van der Waals surface area contributed by atoms with Crippen molar-refractivity contribution in [2.24, 2.45) is 5.92 Å². The summed E-state index contributed by atoms with van der Waals surface area (Å²) in [5.41, 5.74) is 0.349. The number of nitrogens with one attached hydrogen (secondary N) is 1. The average Bonchev–Trinajstić information content (AvgIpc) is 2.86. The van der Waals surface area contributed by atoms with Crippen LogP contribution in [0.5, 0.6) is 5.75 Å². The van der Waals surface area contributed by atoms with Gasteiger partial charge in [0, 0.05) is 13.1 Å². The Morgan fingerprint density at radius 1 is 1.34 bits per heavy atom. The molecular weight excluding hydrogens is 398 g/mol. The summed E-state index contributed by atoms with van der Waals surface area (Å²) in [5.74, 6) is -0.638. The van der Waals surface area contributed by atoms with E-state index in [0.717, 1.165) is 22.7 Å². The Labute approximate surface area is 170 Å². The number of likely N-dealkylation sites (tertiary alicyclic amines) is 1. The van der Waals surface area contributed by atoms with Crippen molar-refractivity contribution in [1.82, 2.24) is 9.62 Å². The fraction of sp³-hybridized carbons (Fsp3) is 0.579. The van der Waals surface area contributed by atoms with E-state index in [9.17, 15) is 23.1 Å². The van der Waals surface area contributed by atoms with Crippen LogP contribution in [-0.2, 0) is 26.2 Å². The van der Waals surface area contributed by atoms with Crippen LogP contribution >= 0.6 is 0 Å². The molecule has 1 unspecified atom stereocenters. The molecule has 3 rings (SSSR count). The molecule has 1 aromatic carbocycles. The molecule has 10 heteroatoms. The van der Waals surface area contributed by atoms with Gasteiger partial charge in [0.25, 0.3) is 5.91 Å². The summed E-state index contributed by atoms with van der Waals surface area (Å²) in [6, 6.07) is 4.75. The van der Waals surface area contributed by atoms with Crippen LogP contribution < -0.4 is 9.03 Å². The molecule has 0 aliphatic carbocycles. The third-order valence-corrected chi connectivity index (χ3v) is 6.22. The highest BCUT2D eigenvalue weighted by atomic mass is 32.2. The second-order valence-electron chi connectivity index (χ2n) is 8.50. The second kappa shape index (κ2) is 7.74. The number of hydrogen-bond acceptors (Lipinski definition) is 6. The Kier molecular flexibility index (Phi) is 5.66. The van der Waals surface area contributed by atoms with Gasteiger partial charge >= 0.3 is 16.3 Å². The highest BCUT2D eigenvalue weighted by molar-refractivity contribution is 7.92. The molecule has 2 aliphatic rings. The van der Waals surface area contributed by atoms with E-state index in [0.29, 0.717) is 19.5 Å². The predicted molar refractivity (Wildman–Crippen MR) is 107 cm³/mol. The number of carbonyl (C=O) groups is 2. The molecule has 1 atom stereocenters. The highest BCUT2D eigenvalue weighted by Gasteiger charge is 2.35. The minimum absolute atomic E-state index is 0.0612. The molecule has 2 saturated heterocycles. The van der Waals surface area contributed by atoms with E-state index in [1.165, 1.54) is 12.1 Å². The summed E-state index contributed by atoms with van der Waals surface area (Å²) in [7, 11) is -3.97. The van der Waals surface area contributed by atoms with E-state index in [1.807, 2.05) is 25.5 Å². The van der Waals surface area contributed by atoms with E-state index in [4.69, 9.17) is 4.74 Å². The fourth-order valence-corrected chi connectivity index (χ4v) is 4.79. The number of phenolic OH excluding ortho intramolecular Hbond substituents is 1. The molecule has 1 aromatic rings. The van der Waals surface area contributed by atoms with Gasteiger partial charge in [-0.3, -0.25) is 4.79 Å². The molecule has 2 N–H and O–H groups in total. The molecular formula is C19H27N3O6S. The molecule has 0 radical (unpaired) electrons. The van der Waals surface area contributed by atoms with Crippen LogP contribution in [0.15, 0.2) is 18.2 Å². The van der Waals surface area contributed by atoms with Crippen molar-refractivity contribution in [2.45, 2.75) is 45.6 Å². The molecule has 0 aromatic heterocycles. The standard InChI is InChI=1S/C19H27N3O6S/c1-19(2,3)28-18(25)21-8-4-5-14(11-21)9-13-6-7-15(16(23)10-13)22-12-17(24)20-29(22,26)27/h6-7,10,14,23H,4-5,8-9,11-12H2,1-3H3,(H,20,24). The van der Waals surface area contributed by atoms with Crippen molar-refractivity contribution in [3.63, 3.8) is 0 Å². The number of hydrogen-bond donors (Lipinski definition) is 2. The maximum atomic E-state index is 12.3. The first-order valence-electron chi connectivity index (χ1n) is 9.58. The molecule has 9 nitrogen and oxygen atoms in total. The van der Waals surface area contributed by atoms with Gasteiger partial charge in [-0.2, -0.15) is 8.42 Å². The summed E-state index contributed by atoms with van der Waals surface area (Å²) in [4.78, 5) is 25.4. The third-order valence-electron chi connectivity index (χ3n) is 4.82. The van der Waals surface area contributed by atoms with Gasteiger partial charge in [-0.15, -0.1) is 0 Å². The Bertz CT molecular complexity index is 909. The third kappa shape index (κ3) is 5.11.